The Morgan fingerprint density at radius 2 is 2.05 bits per heavy atom. The largest absolute Gasteiger partial charge is 0.417 e. The second-order valence-electron chi connectivity index (χ2n) is 4.80. The van der Waals surface area contributed by atoms with Crippen molar-refractivity contribution in [3.63, 3.8) is 0 Å². The van der Waals surface area contributed by atoms with Crippen LogP contribution < -0.4 is 4.90 Å². The van der Waals surface area contributed by atoms with E-state index in [1.165, 1.54) is 0 Å². The Kier molecular flexibility index (Phi) is 4.49. The number of hydrogen-bond donors (Lipinski definition) is 0. The van der Waals surface area contributed by atoms with E-state index in [4.69, 9.17) is 0 Å². The molecule has 2 heterocycles. The average molecular weight is 405 g/mol. The predicted molar refractivity (Wildman–Crippen MR) is 72.3 cm³/mol. The lowest BCUT2D eigenvalue weighted by molar-refractivity contribution is -0.138. The van der Waals surface area contributed by atoms with E-state index in [9.17, 15) is 30.3 Å². The number of alkyl halides is 3. The van der Waals surface area contributed by atoms with Crippen molar-refractivity contribution in [2.75, 3.05) is 17.2 Å². The fraction of sp³-hybridized carbons (Fsp3) is 0.455. The first-order chi connectivity index (χ1) is 9.97. The lowest BCUT2D eigenvalue weighted by Gasteiger charge is -2.17. The topological polar surface area (TPSA) is 67.3 Å². The second-order valence-corrected chi connectivity index (χ2v) is 7.07. The van der Waals surface area contributed by atoms with Crippen LogP contribution in [0, 0.1) is 5.92 Å². The summed E-state index contributed by atoms with van der Waals surface area (Å²) in [6.45, 7) is -0.200. The molecule has 0 aromatic carbocycles. The molecule has 1 aromatic rings. The van der Waals surface area contributed by atoms with Gasteiger partial charge in [0.1, 0.15) is 5.82 Å². The summed E-state index contributed by atoms with van der Waals surface area (Å²) >= 11 is 2.73. The van der Waals surface area contributed by atoms with Gasteiger partial charge in [0.2, 0.25) is 5.91 Å². The highest BCUT2D eigenvalue weighted by Crippen LogP contribution is 2.37. The number of nitrogens with zero attached hydrogens (tertiary/aromatic N) is 2. The third-order valence-corrected chi connectivity index (χ3v) is 4.56. The van der Waals surface area contributed by atoms with Gasteiger partial charge >= 0.3 is 16.4 Å². The zero-order valence-electron chi connectivity index (χ0n) is 10.8. The highest BCUT2D eigenvalue weighted by molar-refractivity contribution is 9.10. The number of anilines is 1. The van der Waals surface area contributed by atoms with E-state index in [1.807, 2.05) is 0 Å². The van der Waals surface area contributed by atoms with Crippen molar-refractivity contribution in [2.24, 2.45) is 5.92 Å². The van der Waals surface area contributed by atoms with E-state index in [1.54, 1.807) is 0 Å². The highest BCUT2D eigenvalue weighted by Gasteiger charge is 2.37. The molecule has 5 nitrogen and oxygen atoms in total. The molecule has 0 spiro atoms. The summed E-state index contributed by atoms with van der Waals surface area (Å²) in [6.07, 6.45) is -3.99. The van der Waals surface area contributed by atoms with E-state index in [-0.39, 0.29) is 23.3 Å². The van der Waals surface area contributed by atoms with Crippen LogP contribution in [0.15, 0.2) is 16.7 Å². The highest BCUT2D eigenvalue weighted by atomic mass is 79.9. The molecule has 1 aromatic heterocycles. The van der Waals surface area contributed by atoms with Crippen LogP contribution in [0.1, 0.15) is 12.0 Å². The van der Waals surface area contributed by atoms with Gasteiger partial charge in [0.15, 0.2) is 0 Å². The van der Waals surface area contributed by atoms with Gasteiger partial charge in [0, 0.05) is 29.6 Å². The maximum Gasteiger partial charge on any atom is 0.417 e. The average Bonchev–Trinajstić information content (AvgIpc) is 2.66. The van der Waals surface area contributed by atoms with Gasteiger partial charge in [-0.1, -0.05) is 0 Å². The van der Waals surface area contributed by atoms with Gasteiger partial charge in [-0.3, -0.25) is 9.69 Å². The molecule has 0 N–H and O–H groups in total. The molecule has 1 unspecified atom stereocenters. The van der Waals surface area contributed by atoms with Gasteiger partial charge in [-0.25, -0.2) is 4.98 Å². The minimum atomic E-state index is -4.76. The number of amides is 1. The van der Waals surface area contributed by atoms with Gasteiger partial charge in [-0.15, -0.1) is 3.89 Å². The molecule has 22 heavy (non-hydrogen) atoms. The Morgan fingerprint density at radius 3 is 2.59 bits per heavy atom. The van der Waals surface area contributed by atoms with E-state index in [2.05, 4.69) is 20.9 Å². The quantitative estimate of drug-likeness (QED) is 0.573. The fourth-order valence-corrected chi connectivity index (χ4v) is 3.42. The molecule has 1 saturated heterocycles. The standard InChI is InChI=1S/C11H9BrF4N2O3S/c12-8-3-17-9(2-7(8)11(13,14)15)18-4-6(1-10(18)19)5-22(16,20)21/h2-3,6H,1,4-5H2. The first kappa shape index (κ1) is 17.1. The van der Waals surface area contributed by atoms with E-state index >= 15 is 0 Å². The fourth-order valence-electron chi connectivity index (χ4n) is 2.19. The number of carbonyl (C=O) groups is 1. The number of hydrogen-bond acceptors (Lipinski definition) is 4. The number of halogens is 5. The minimum Gasteiger partial charge on any atom is -0.296 e. The third kappa shape index (κ3) is 3.94. The molecule has 1 aliphatic heterocycles. The molecule has 0 saturated carbocycles. The Morgan fingerprint density at radius 1 is 1.41 bits per heavy atom. The summed E-state index contributed by atoms with van der Waals surface area (Å²) < 4.78 is 72.0. The molecule has 0 radical (unpaired) electrons. The first-order valence-electron chi connectivity index (χ1n) is 5.93. The minimum absolute atomic E-state index is 0.200. The van der Waals surface area contributed by atoms with Crippen LogP contribution in [0.5, 0.6) is 0 Å². The molecule has 11 heteroatoms. The Hall–Kier alpha value is -1.23. The second kappa shape index (κ2) is 5.76. The zero-order valence-corrected chi connectivity index (χ0v) is 13.2. The molecule has 122 valence electrons. The molecule has 2 rings (SSSR count). The lowest BCUT2D eigenvalue weighted by Crippen LogP contribution is -2.26. The van der Waals surface area contributed by atoms with Crippen molar-refractivity contribution in [1.29, 1.82) is 0 Å². The summed E-state index contributed by atoms with van der Waals surface area (Å²) in [5.41, 5.74) is -1.01. The third-order valence-electron chi connectivity index (χ3n) is 3.06. The van der Waals surface area contributed by atoms with Crippen molar-refractivity contribution in [3.05, 3.63) is 22.3 Å². The van der Waals surface area contributed by atoms with Gasteiger partial charge in [-0.05, 0) is 22.0 Å². The summed E-state index contributed by atoms with van der Waals surface area (Å²) in [4.78, 5) is 16.5. The SMILES string of the molecule is O=C1CC(CS(=O)(=O)F)CN1c1cc(C(F)(F)F)c(Br)cn1. The maximum atomic E-state index is 12.8. The molecule has 1 aliphatic rings. The molecule has 1 fully saturated rings. The lowest BCUT2D eigenvalue weighted by atomic mass is 10.1. The van der Waals surface area contributed by atoms with E-state index < -0.39 is 39.5 Å². The van der Waals surface area contributed by atoms with Gasteiger partial charge in [0.05, 0.1) is 11.3 Å². The first-order valence-corrected chi connectivity index (χ1v) is 8.27. The smallest absolute Gasteiger partial charge is 0.296 e. The number of aromatic nitrogens is 1. The summed E-state index contributed by atoms with van der Waals surface area (Å²) in [6, 6.07) is 0.689. The predicted octanol–water partition coefficient (Wildman–Crippen LogP) is 2.52. The summed E-state index contributed by atoms with van der Waals surface area (Å²) in [5.74, 6) is -2.52. The van der Waals surface area contributed by atoms with Crippen LogP contribution in [0.3, 0.4) is 0 Å². The summed E-state index contributed by atoms with van der Waals surface area (Å²) in [7, 11) is -4.76. The van der Waals surface area contributed by atoms with Crippen molar-refractivity contribution >= 4 is 37.9 Å². The molecule has 1 atom stereocenters. The maximum absolute atomic E-state index is 12.8. The van der Waals surface area contributed by atoms with Crippen molar-refractivity contribution in [1.82, 2.24) is 4.98 Å². The normalized spacial score (nSPS) is 19.8. The van der Waals surface area contributed by atoms with Crippen LogP contribution >= 0.6 is 15.9 Å². The Balaban J connectivity index is 2.28. The van der Waals surface area contributed by atoms with Crippen LogP contribution in [-0.4, -0.2) is 31.6 Å². The van der Waals surface area contributed by atoms with E-state index in [0.717, 1.165) is 11.1 Å². The van der Waals surface area contributed by atoms with Crippen molar-refractivity contribution in [3.8, 4) is 0 Å². The number of pyridine rings is 1. The van der Waals surface area contributed by atoms with Crippen molar-refractivity contribution < 1.29 is 30.3 Å². The van der Waals surface area contributed by atoms with Crippen LogP contribution in [0.2, 0.25) is 0 Å². The van der Waals surface area contributed by atoms with Crippen LogP contribution in [-0.2, 0) is 21.2 Å². The number of rotatable bonds is 3. The molecule has 1 amide bonds. The van der Waals surface area contributed by atoms with Gasteiger partial charge in [0.25, 0.3) is 0 Å². The van der Waals surface area contributed by atoms with Gasteiger partial charge in [-0.2, -0.15) is 21.6 Å². The van der Waals surface area contributed by atoms with Crippen molar-refractivity contribution in [2.45, 2.75) is 12.6 Å². The molecular formula is C11H9BrF4N2O3S. The Bertz CT molecular complexity index is 708. The molecule has 0 bridgehead atoms. The van der Waals surface area contributed by atoms with Crippen LogP contribution in [0.4, 0.5) is 22.9 Å². The monoisotopic (exact) mass is 404 g/mol. The zero-order chi connectivity index (χ0) is 16.7. The number of carbonyl (C=O) groups excluding carboxylic acids is 1. The summed E-state index contributed by atoms with van der Waals surface area (Å²) in [5, 5.41) is 0. The van der Waals surface area contributed by atoms with Gasteiger partial charge < -0.3 is 0 Å². The molecular weight excluding hydrogens is 396 g/mol. The Labute approximate surface area is 131 Å². The van der Waals surface area contributed by atoms with E-state index in [0.29, 0.717) is 6.07 Å². The van der Waals surface area contributed by atoms with Crippen LogP contribution in [0.25, 0.3) is 0 Å². The molecule has 0 aliphatic carbocycles.